The maximum Gasteiger partial charge on any atom is 0.227 e. The van der Waals surface area contributed by atoms with Crippen LogP contribution < -0.4 is 5.32 Å². The quantitative estimate of drug-likeness (QED) is 0.920. The molecule has 1 aliphatic heterocycles. The summed E-state index contributed by atoms with van der Waals surface area (Å²) < 4.78 is 13.0. The number of benzene rings is 1. The molecule has 24 heavy (non-hydrogen) atoms. The molecule has 1 atom stereocenters. The highest BCUT2D eigenvalue weighted by Gasteiger charge is 2.73. The zero-order chi connectivity index (χ0) is 17.1. The van der Waals surface area contributed by atoms with E-state index < -0.39 is 0 Å². The Morgan fingerprint density at radius 1 is 1.25 bits per heavy atom. The molecule has 5 rings (SSSR count). The van der Waals surface area contributed by atoms with Crippen molar-refractivity contribution in [2.24, 2.45) is 11.3 Å². The van der Waals surface area contributed by atoms with Crippen molar-refractivity contribution in [2.75, 3.05) is 18.9 Å². The third-order valence-electron chi connectivity index (χ3n) is 6.24. The molecule has 5 heteroatoms. The van der Waals surface area contributed by atoms with Gasteiger partial charge < -0.3 is 10.3 Å². The molecule has 0 saturated heterocycles. The average molecular weight is 329 g/mol. The molecular weight excluding hydrogens is 305 g/mol. The summed E-state index contributed by atoms with van der Waals surface area (Å²) >= 11 is 0. The van der Waals surface area contributed by atoms with Gasteiger partial charge in [-0.25, -0.2) is 9.40 Å². The molecule has 1 aromatic rings. The van der Waals surface area contributed by atoms with E-state index in [2.05, 4.69) is 35.4 Å². The first-order valence-electron chi connectivity index (χ1n) is 8.60. The number of amides is 1. The van der Waals surface area contributed by atoms with Gasteiger partial charge in [-0.05, 0) is 61.9 Å². The van der Waals surface area contributed by atoms with Crippen molar-refractivity contribution in [1.29, 1.82) is 0 Å². The topological polar surface area (TPSA) is 35.6 Å². The fourth-order valence-electron chi connectivity index (χ4n) is 4.99. The van der Waals surface area contributed by atoms with E-state index in [1.54, 1.807) is 12.1 Å². The standard InChI is InChI=1S/C19H24FN3O/c1-13-8-9-22(3)23(13)19-10-18(11-19,12-19)14(2)17(24)21-16-6-4-15(20)5-7-16/h4-8,14H,9-12H2,1-3H3,(H,21,24). The van der Waals surface area contributed by atoms with Gasteiger partial charge in [0.2, 0.25) is 5.91 Å². The Morgan fingerprint density at radius 3 is 2.42 bits per heavy atom. The molecular formula is C19H24FN3O. The molecule has 4 aliphatic rings. The molecule has 128 valence electrons. The van der Waals surface area contributed by atoms with Crippen molar-refractivity contribution in [2.45, 2.75) is 38.6 Å². The summed E-state index contributed by atoms with van der Waals surface area (Å²) in [7, 11) is 2.13. The van der Waals surface area contributed by atoms with Crippen molar-refractivity contribution in [3.63, 3.8) is 0 Å². The Labute approximate surface area is 142 Å². The average Bonchev–Trinajstić information content (AvgIpc) is 2.79. The van der Waals surface area contributed by atoms with Crippen molar-refractivity contribution >= 4 is 11.6 Å². The fraction of sp³-hybridized carbons (Fsp3) is 0.526. The molecule has 3 aliphatic carbocycles. The molecule has 1 aromatic carbocycles. The SMILES string of the molecule is CC1=CCN(C)N1C12CC(C(C)C(=O)Nc3ccc(F)cc3)(C1)C2. The molecule has 1 N–H and O–H groups in total. The normalized spacial score (nSPS) is 32.7. The van der Waals surface area contributed by atoms with Gasteiger partial charge in [-0.15, -0.1) is 0 Å². The van der Waals surface area contributed by atoms with E-state index in [0.29, 0.717) is 5.69 Å². The summed E-state index contributed by atoms with van der Waals surface area (Å²) in [4.78, 5) is 12.6. The van der Waals surface area contributed by atoms with Crippen molar-refractivity contribution < 1.29 is 9.18 Å². The second-order valence-corrected chi connectivity index (χ2v) is 7.83. The lowest BCUT2D eigenvalue weighted by Gasteiger charge is -2.76. The third kappa shape index (κ3) is 2.10. The van der Waals surface area contributed by atoms with Gasteiger partial charge in [0.05, 0.1) is 5.54 Å². The van der Waals surface area contributed by atoms with Gasteiger partial charge in [-0.2, -0.15) is 0 Å². The largest absolute Gasteiger partial charge is 0.326 e. The minimum absolute atomic E-state index is 0.0263. The number of halogens is 1. The monoisotopic (exact) mass is 329 g/mol. The van der Waals surface area contributed by atoms with E-state index in [1.807, 2.05) is 6.92 Å². The highest BCUT2D eigenvalue weighted by atomic mass is 19.1. The Bertz CT molecular complexity index is 692. The lowest BCUT2D eigenvalue weighted by atomic mass is 9.35. The Morgan fingerprint density at radius 2 is 1.88 bits per heavy atom. The number of allylic oxidation sites excluding steroid dienone is 1. The summed E-state index contributed by atoms with van der Waals surface area (Å²) in [5.74, 6) is -0.279. The second kappa shape index (κ2) is 5.06. The van der Waals surface area contributed by atoms with Crippen LogP contribution in [0.2, 0.25) is 0 Å². The van der Waals surface area contributed by atoms with Crippen LogP contribution >= 0.6 is 0 Å². The second-order valence-electron chi connectivity index (χ2n) is 7.83. The summed E-state index contributed by atoms with van der Waals surface area (Å²) in [5, 5.41) is 7.64. The minimum Gasteiger partial charge on any atom is -0.326 e. The van der Waals surface area contributed by atoms with Gasteiger partial charge >= 0.3 is 0 Å². The molecule has 1 heterocycles. The van der Waals surface area contributed by atoms with E-state index in [9.17, 15) is 9.18 Å². The number of hydrogen-bond acceptors (Lipinski definition) is 3. The first-order chi connectivity index (χ1) is 11.4. The number of anilines is 1. The maximum absolute atomic E-state index is 13.0. The summed E-state index contributed by atoms with van der Waals surface area (Å²) in [5.41, 5.74) is 2.35. The van der Waals surface area contributed by atoms with E-state index >= 15 is 0 Å². The van der Waals surface area contributed by atoms with Crippen LogP contribution in [0.3, 0.4) is 0 Å². The van der Waals surface area contributed by atoms with Gasteiger partial charge in [0.25, 0.3) is 0 Å². The summed E-state index contributed by atoms with van der Waals surface area (Å²) in [6.07, 6.45) is 5.49. The van der Waals surface area contributed by atoms with E-state index in [1.165, 1.54) is 17.8 Å². The predicted octanol–water partition coefficient (Wildman–Crippen LogP) is 3.39. The zero-order valence-corrected chi connectivity index (χ0v) is 14.5. The fourth-order valence-corrected chi connectivity index (χ4v) is 4.99. The number of hydrazine groups is 1. The zero-order valence-electron chi connectivity index (χ0n) is 14.5. The van der Waals surface area contributed by atoms with Gasteiger partial charge in [0.1, 0.15) is 5.82 Å². The maximum atomic E-state index is 13.0. The Balaban J connectivity index is 1.39. The highest BCUT2D eigenvalue weighted by molar-refractivity contribution is 5.93. The van der Waals surface area contributed by atoms with E-state index in [4.69, 9.17) is 0 Å². The number of nitrogens with one attached hydrogen (secondary N) is 1. The van der Waals surface area contributed by atoms with Crippen molar-refractivity contribution in [3.8, 4) is 0 Å². The molecule has 4 nitrogen and oxygen atoms in total. The van der Waals surface area contributed by atoms with Crippen LogP contribution in [0.5, 0.6) is 0 Å². The predicted molar refractivity (Wildman–Crippen MR) is 91.4 cm³/mol. The summed E-state index contributed by atoms with van der Waals surface area (Å²) in [6, 6.07) is 5.96. The smallest absolute Gasteiger partial charge is 0.227 e. The molecule has 0 radical (unpaired) electrons. The Kier molecular flexibility index (Phi) is 3.29. The van der Waals surface area contributed by atoms with Crippen LogP contribution in [0, 0.1) is 17.2 Å². The number of likely N-dealkylation sites (N-methyl/N-ethyl adjacent to an activating group) is 1. The lowest BCUT2D eigenvalue weighted by molar-refractivity contribution is -0.270. The molecule has 1 amide bonds. The van der Waals surface area contributed by atoms with Crippen LogP contribution in [0.1, 0.15) is 33.1 Å². The van der Waals surface area contributed by atoms with Crippen molar-refractivity contribution in [3.05, 3.63) is 41.9 Å². The molecule has 0 spiro atoms. The van der Waals surface area contributed by atoms with Gasteiger partial charge in [0, 0.05) is 30.9 Å². The van der Waals surface area contributed by atoms with Crippen molar-refractivity contribution in [1.82, 2.24) is 10.0 Å². The molecule has 3 saturated carbocycles. The van der Waals surface area contributed by atoms with Crippen LogP contribution in [-0.4, -0.2) is 35.1 Å². The van der Waals surface area contributed by atoms with Crippen LogP contribution in [0.15, 0.2) is 36.0 Å². The molecule has 0 aromatic heterocycles. The van der Waals surface area contributed by atoms with Crippen LogP contribution in [0.4, 0.5) is 10.1 Å². The van der Waals surface area contributed by atoms with Gasteiger partial charge in [0.15, 0.2) is 0 Å². The van der Waals surface area contributed by atoms with Crippen LogP contribution in [-0.2, 0) is 4.79 Å². The lowest BCUT2D eigenvalue weighted by Crippen LogP contribution is -2.78. The van der Waals surface area contributed by atoms with E-state index in [0.717, 1.165) is 25.8 Å². The van der Waals surface area contributed by atoms with Gasteiger partial charge in [-0.1, -0.05) is 6.92 Å². The Hall–Kier alpha value is -1.88. The number of rotatable bonds is 4. The first-order valence-corrected chi connectivity index (χ1v) is 8.60. The van der Waals surface area contributed by atoms with Crippen LogP contribution in [0.25, 0.3) is 0 Å². The minimum atomic E-state index is -0.291. The highest BCUT2D eigenvalue weighted by Crippen LogP contribution is 2.73. The first kappa shape index (κ1) is 15.6. The number of nitrogens with zero attached hydrogens (tertiary/aromatic N) is 2. The molecule has 3 fully saturated rings. The third-order valence-corrected chi connectivity index (χ3v) is 6.24. The molecule has 1 unspecified atom stereocenters. The van der Waals surface area contributed by atoms with Gasteiger partial charge in [-0.3, -0.25) is 4.79 Å². The number of hydrogen-bond donors (Lipinski definition) is 1. The summed E-state index contributed by atoms with van der Waals surface area (Å²) in [6.45, 7) is 5.17. The number of carbonyl (C=O) groups is 1. The van der Waals surface area contributed by atoms with E-state index in [-0.39, 0.29) is 28.6 Å². The number of carbonyl (C=O) groups excluding carboxylic acids is 1. The molecule has 2 bridgehead atoms.